The highest BCUT2D eigenvalue weighted by molar-refractivity contribution is 7.99. The van der Waals surface area contributed by atoms with Gasteiger partial charge in [0.15, 0.2) is 0 Å². The van der Waals surface area contributed by atoms with Crippen molar-refractivity contribution in [1.29, 1.82) is 0 Å². The molecule has 1 heterocycles. The third kappa shape index (κ3) is 3.70. The Balaban J connectivity index is 2.44. The second-order valence-electron chi connectivity index (χ2n) is 5.72. The van der Waals surface area contributed by atoms with E-state index in [2.05, 4.69) is 19.9 Å². The highest BCUT2D eigenvalue weighted by atomic mass is 32.2. The Hall–Kier alpha value is -0.910. The molecule has 0 bridgehead atoms. The summed E-state index contributed by atoms with van der Waals surface area (Å²) in [7, 11) is 3.38. The summed E-state index contributed by atoms with van der Waals surface area (Å²) in [4.78, 5) is 0. The number of methoxy groups -OCH3 is 2. The SMILES string of the molecule is COc1cc(OC)c2c(c1)C(C)C(C)CSC2COCCO. The van der Waals surface area contributed by atoms with Gasteiger partial charge in [-0.3, -0.25) is 0 Å². The van der Waals surface area contributed by atoms with Gasteiger partial charge in [-0.1, -0.05) is 13.8 Å². The van der Waals surface area contributed by atoms with Crippen molar-refractivity contribution in [2.45, 2.75) is 25.0 Å². The molecule has 1 aliphatic heterocycles. The zero-order valence-corrected chi connectivity index (χ0v) is 14.6. The molecule has 0 spiro atoms. The summed E-state index contributed by atoms with van der Waals surface area (Å²) < 4.78 is 16.7. The quantitative estimate of drug-likeness (QED) is 0.813. The fourth-order valence-corrected chi connectivity index (χ4v) is 4.25. The van der Waals surface area contributed by atoms with Crippen LogP contribution in [-0.2, 0) is 4.74 Å². The molecule has 3 atom stereocenters. The third-order valence-corrected chi connectivity index (χ3v) is 5.83. The van der Waals surface area contributed by atoms with Gasteiger partial charge in [-0.15, -0.1) is 0 Å². The molecule has 1 aromatic carbocycles. The Labute approximate surface area is 137 Å². The van der Waals surface area contributed by atoms with Crippen LogP contribution >= 0.6 is 11.8 Å². The number of aliphatic hydroxyl groups excluding tert-OH is 1. The van der Waals surface area contributed by atoms with Crippen LogP contribution in [0.4, 0.5) is 0 Å². The molecule has 1 aromatic rings. The lowest BCUT2D eigenvalue weighted by molar-refractivity contribution is 0.0929. The van der Waals surface area contributed by atoms with Gasteiger partial charge in [0, 0.05) is 11.6 Å². The first-order valence-electron chi connectivity index (χ1n) is 7.68. The molecule has 0 amide bonds. The largest absolute Gasteiger partial charge is 0.497 e. The van der Waals surface area contributed by atoms with Crippen LogP contribution in [0.2, 0.25) is 0 Å². The second kappa shape index (κ2) is 8.09. The molecule has 0 saturated heterocycles. The number of benzene rings is 1. The van der Waals surface area contributed by atoms with E-state index in [0.717, 1.165) is 17.3 Å². The molecular weight excluding hydrogens is 300 g/mol. The van der Waals surface area contributed by atoms with Crippen LogP contribution in [0.15, 0.2) is 12.1 Å². The molecule has 0 aliphatic carbocycles. The van der Waals surface area contributed by atoms with E-state index < -0.39 is 0 Å². The molecule has 1 aliphatic rings. The van der Waals surface area contributed by atoms with Crippen molar-refractivity contribution in [3.63, 3.8) is 0 Å². The van der Waals surface area contributed by atoms with Crippen molar-refractivity contribution >= 4 is 11.8 Å². The molecule has 4 nitrogen and oxygen atoms in total. The summed E-state index contributed by atoms with van der Waals surface area (Å²) in [6.07, 6.45) is 0. The van der Waals surface area contributed by atoms with Gasteiger partial charge in [-0.2, -0.15) is 11.8 Å². The zero-order chi connectivity index (χ0) is 16.1. The highest BCUT2D eigenvalue weighted by Gasteiger charge is 2.31. The molecule has 2 rings (SSSR count). The summed E-state index contributed by atoms with van der Waals surface area (Å²) in [5.41, 5.74) is 2.49. The van der Waals surface area contributed by atoms with Gasteiger partial charge in [0.1, 0.15) is 11.5 Å². The summed E-state index contributed by atoms with van der Waals surface area (Å²) in [6, 6.07) is 4.07. The van der Waals surface area contributed by atoms with E-state index in [1.165, 1.54) is 11.1 Å². The van der Waals surface area contributed by atoms with Crippen LogP contribution in [0.25, 0.3) is 0 Å². The smallest absolute Gasteiger partial charge is 0.127 e. The maximum atomic E-state index is 8.93. The first-order chi connectivity index (χ1) is 10.6. The topological polar surface area (TPSA) is 47.9 Å². The number of aliphatic hydroxyl groups is 1. The standard InChI is InChI=1S/C17H26O4S/c1-11-10-22-16(9-21-6-5-18)17-14(12(11)2)7-13(19-3)8-15(17)20-4/h7-8,11-12,16,18H,5-6,9-10H2,1-4H3. The molecular formula is C17H26O4S. The number of fused-ring (bicyclic) bond motifs is 1. The number of hydrogen-bond acceptors (Lipinski definition) is 5. The number of thioether (sulfide) groups is 1. The lowest BCUT2D eigenvalue weighted by Crippen LogP contribution is -2.11. The first kappa shape index (κ1) is 17.4. The minimum Gasteiger partial charge on any atom is -0.497 e. The Morgan fingerprint density at radius 3 is 2.64 bits per heavy atom. The molecule has 0 radical (unpaired) electrons. The van der Waals surface area contributed by atoms with Gasteiger partial charge in [-0.05, 0) is 29.2 Å². The molecule has 124 valence electrons. The van der Waals surface area contributed by atoms with Gasteiger partial charge in [0.05, 0.1) is 39.3 Å². The maximum Gasteiger partial charge on any atom is 0.127 e. The maximum absolute atomic E-state index is 8.93. The lowest BCUT2D eigenvalue weighted by Gasteiger charge is -2.23. The second-order valence-corrected chi connectivity index (χ2v) is 6.95. The van der Waals surface area contributed by atoms with Gasteiger partial charge < -0.3 is 19.3 Å². The van der Waals surface area contributed by atoms with E-state index in [0.29, 0.717) is 25.0 Å². The third-order valence-electron chi connectivity index (χ3n) is 4.33. The monoisotopic (exact) mass is 326 g/mol. The van der Waals surface area contributed by atoms with Gasteiger partial charge >= 0.3 is 0 Å². The van der Waals surface area contributed by atoms with E-state index in [4.69, 9.17) is 19.3 Å². The van der Waals surface area contributed by atoms with Gasteiger partial charge in [-0.25, -0.2) is 0 Å². The van der Waals surface area contributed by atoms with E-state index in [1.54, 1.807) is 14.2 Å². The Kier molecular flexibility index (Phi) is 6.41. The zero-order valence-electron chi connectivity index (χ0n) is 13.8. The van der Waals surface area contributed by atoms with Gasteiger partial charge in [0.2, 0.25) is 0 Å². The molecule has 1 N–H and O–H groups in total. The minimum absolute atomic E-state index is 0.0524. The average Bonchev–Trinajstić information content (AvgIpc) is 2.66. The van der Waals surface area contributed by atoms with E-state index in [1.807, 2.05) is 17.8 Å². The van der Waals surface area contributed by atoms with Crippen molar-refractivity contribution in [3.8, 4) is 11.5 Å². The van der Waals surface area contributed by atoms with Crippen molar-refractivity contribution in [3.05, 3.63) is 23.3 Å². The fraction of sp³-hybridized carbons (Fsp3) is 0.647. The van der Waals surface area contributed by atoms with Crippen LogP contribution < -0.4 is 9.47 Å². The van der Waals surface area contributed by atoms with E-state index in [9.17, 15) is 0 Å². The normalized spacial score (nSPS) is 24.5. The summed E-state index contributed by atoms with van der Waals surface area (Å²) in [5.74, 6) is 3.78. The molecule has 5 heteroatoms. The van der Waals surface area contributed by atoms with Crippen molar-refractivity contribution < 1.29 is 19.3 Å². The molecule has 0 fully saturated rings. The number of hydrogen-bond donors (Lipinski definition) is 1. The van der Waals surface area contributed by atoms with Crippen LogP contribution in [0.5, 0.6) is 11.5 Å². The Morgan fingerprint density at radius 1 is 1.23 bits per heavy atom. The Bertz CT molecular complexity index is 492. The fourth-order valence-electron chi connectivity index (χ4n) is 2.82. The van der Waals surface area contributed by atoms with E-state index >= 15 is 0 Å². The van der Waals surface area contributed by atoms with Crippen molar-refractivity contribution in [2.24, 2.45) is 5.92 Å². The lowest BCUT2D eigenvalue weighted by atomic mass is 9.86. The molecule has 0 aromatic heterocycles. The highest BCUT2D eigenvalue weighted by Crippen LogP contribution is 2.48. The summed E-state index contributed by atoms with van der Waals surface area (Å²) >= 11 is 1.90. The molecule has 22 heavy (non-hydrogen) atoms. The predicted molar refractivity (Wildman–Crippen MR) is 90.2 cm³/mol. The van der Waals surface area contributed by atoms with Crippen molar-refractivity contribution in [2.75, 3.05) is 39.8 Å². The van der Waals surface area contributed by atoms with Crippen LogP contribution in [-0.4, -0.2) is 44.9 Å². The number of rotatable bonds is 6. The summed E-state index contributed by atoms with van der Waals surface area (Å²) in [5, 5.41) is 9.14. The first-order valence-corrected chi connectivity index (χ1v) is 8.73. The summed E-state index contributed by atoms with van der Waals surface area (Å²) in [6.45, 7) is 5.55. The van der Waals surface area contributed by atoms with Crippen LogP contribution in [0.1, 0.15) is 36.1 Å². The molecule has 3 unspecified atom stereocenters. The van der Waals surface area contributed by atoms with Crippen molar-refractivity contribution in [1.82, 2.24) is 0 Å². The minimum atomic E-state index is 0.0524. The number of ether oxygens (including phenoxy) is 3. The Morgan fingerprint density at radius 2 is 2.00 bits per heavy atom. The van der Waals surface area contributed by atoms with E-state index in [-0.39, 0.29) is 11.9 Å². The predicted octanol–water partition coefficient (Wildman–Crippen LogP) is 3.24. The van der Waals surface area contributed by atoms with Crippen LogP contribution in [0, 0.1) is 5.92 Å². The molecule has 0 saturated carbocycles. The van der Waals surface area contributed by atoms with Crippen LogP contribution in [0.3, 0.4) is 0 Å². The van der Waals surface area contributed by atoms with Gasteiger partial charge in [0.25, 0.3) is 0 Å². The average molecular weight is 326 g/mol.